The summed E-state index contributed by atoms with van der Waals surface area (Å²) >= 11 is 13.3. The molecule has 2 aromatic rings. The summed E-state index contributed by atoms with van der Waals surface area (Å²) in [7, 11) is 0. The second kappa shape index (κ2) is 7.44. The van der Waals surface area contributed by atoms with Gasteiger partial charge in [-0.15, -0.1) is 11.3 Å². The minimum Gasteiger partial charge on any atom is -0.465 e. The molecule has 0 aliphatic rings. The van der Waals surface area contributed by atoms with Crippen LogP contribution in [0, 0.1) is 0 Å². The van der Waals surface area contributed by atoms with E-state index in [1.54, 1.807) is 23.7 Å². The number of halogens is 2. The monoisotopic (exact) mass is 359 g/mol. The van der Waals surface area contributed by atoms with Crippen LogP contribution in [0.25, 0.3) is 10.4 Å². The first-order valence-electron chi connectivity index (χ1n) is 6.13. The Hall–Kier alpha value is -1.83. The number of rotatable bonds is 5. The Morgan fingerprint density at radius 3 is 2.64 bits per heavy atom. The number of carboxylic acid groups (broad SMARTS) is 1. The Balaban J connectivity index is 2.12. The number of nitrogens with zero attached hydrogens (tertiary/aromatic N) is 1. The van der Waals surface area contributed by atoms with Crippen molar-refractivity contribution in [3.05, 3.63) is 39.4 Å². The molecule has 116 valence electrons. The minimum absolute atomic E-state index is 0.113. The molecule has 2 rings (SSSR count). The third-order valence-corrected chi connectivity index (χ3v) is 4.05. The molecule has 0 fully saturated rings. The number of carbonyl (C=O) groups excluding carboxylic acids is 1. The summed E-state index contributed by atoms with van der Waals surface area (Å²) in [6.45, 7) is 0.276. The number of carbonyl (C=O) groups is 2. The second-order valence-electron chi connectivity index (χ2n) is 4.14. The van der Waals surface area contributed by atoms with Crippen molar-refractivity contribution in [1.29, 1.82) is 0 Å². The quantitative estimate of drug-likeness (QED) is 0.715. The van der Waals surface area contributed by atoms with E-state index in [-0.39, 0.29) is 18.8 Å². The van der Waals surface area contributed by atoms with E-state index in [4.69, 9.17) is 28.3 Å². The van der Waals surface area contributed by atoms with Gasteiger partial charge in [0.05, 0.1) is 15.4 Å². The largest absolute Gasteiger partial charge is 0.465 e. The molecule has 6 nitrogen and oxygen atoms in total. The van der Waals surface area contributed by atoms with Crippen LogP contribution < -0.4 is 10.6 Å². The van der Waals surface area contributed by atoms with Gasteiger partial charge in [0.2, 0.25) is 0 Å². The van der Waals surface area contributed by atoms with E-state index in [2.05, 4.69) is 15.6 Å². The fourth-order valence-electron chi connectivity index (χ4n) is 1.70. The zero-order valence-electron chi connectivity index (χ0n) is 11.1. The number of benzene rings is 1. The predicted octanol–water partition coefficient (Wildman–Crippen LogP) is 3.11. The van der Waals surface area contributed by atoms with Crippen molar-refractivity contribution in [2.75, 3.05) is 13.1 Å². The lowest BCUT2D eigenvalue weighted by atomic mass is 10.1. The highest BCUT2D eigenvalue weighted by atomic mass is 35.5. The fraction of sp³-hybridized carbons (Fsp3) is 0.154. The number of aromatic nitrogens is 1. The van der Waals surface area contributed by atoms with E-state index < -0.39 is 12.0 Å². The molecular weight excluding hydrogens is 349 g/mol. The summed E-state index contributed by atoms with van der Waals surface area (Å²) in [5.74, 6) is -0.394. The molecule has 22 heavy (non-hydrogen) atoms. The lowest BCUT2D eigenvalue weighted by Gasteiger charge is -2.07. The summed E-state index contributed by atoms with van der Waals surface area (Å²) < 4.78 is 0. The highest BCUT2D eigenvalue weighted by molar-refractivity contribution is 7.13. The molecule has 0 saturated carbocycles. The molecule has 0 bridgehead atoms. The van der Waals surface area contributed by atoms with Crippen LogP contribution in [0.5, 0.6) is 0 Å². The number of amides is 2. The number of hydrogen-bond acceptors (Lipinski definition) is 4. The Morgan fingerprint density at radius 2 is 1.95 bits per heavy atom. The minimum atomic E-state index is -1.14. The van der Waals surface area contributed by atoms with Crippen LogP contribution in [0.2, 0.25) is 10.0 Å². The van der Waals surface area contributed by atoms with Crippen LogP contribution in [-0.2, 0) is 0 Å². The summed E-state index contributed by atoms with van der Waals surface area (Å²) in [6, 6.07) is 5.00. The Labute approximate surface area is 140 Å². The normalized spacial score (nSPS) is 10.3. The molecule has 1 aromatic carbocycles. The molecule has 2 amide bonds. The van der Waals surface area contributed by atoms with Crippen molar-refractivity contribution in [2.45, 2.75) is 0 Å². The summed E-state index contributed by atoms with van der Waals surface area (Å²) in [4.78, 5) is 27.1. The van der Waals surface area contributed by atoms with Gasteiger partial charge in [-0.3, -0.25) is 4.79 Å². The second-order valence-corrected chi connectivity index (χ2v) is 5.84. The van der Waals surface area contributed by atoms with Crippen molar-refractivity contribution in [2.24, 2.45) is 0 Å². The smallest absolute Gasteiger partial charge is 0.404 e. The first-order chi connectivity index (χ1) is 10.5. The molecule has 0 spiro atoms. The number of thiazole rings is 1. The average molecular weight is 360 g/mol. The fourth-order valence-corrected chi connectivity index (χ4v) is 3.09. The molecule has 0 unspecified atom stereocenters. The van der Waals surface area contributed by atoms with Gasteiger partial charge in [0.1, 0.15) is 5.69 Å². The molecule has 9 heteroatoms. The highest BCUT2D eigenvalue weighted by Gasteiger charge is 2.18. The predicted molar refractivity (Wildman–Crippen MR) is 85.9 cm³/mol. The Morgan fingerprint density at radius 1 is 1.23 bits per heavy atom. The van der Waals surface area contributed by atoms with Crippen molar-refractivity contribution in [3.8, 4) is 10.4 Å². The van der Waals surface area contributed by atoms with Gasteiger partial charge in [-0.2, -0.15) is 0 Å². The molecule has 0 aliphatic heterocycles. The maximum absolute atomic E-state index is 12.1. The number of nitrogens with one attached hydrogen (secondary N) is 2. The summed E-state index contributed by atoms with van der Waals surface area (Å²) in [5.41, 5.74) is 2.46. The summed E-state index contributed by atoms with van der Waals surface area (Å²) in [5, 5.41) is 14.1. The first-order valence-corrected chi connectivity index (χ1v) is 7.76. The average Bonchev–Trinajstić information content (AvgIpc) is 2.92. The van der Waals surface area contributed by atoms with Gasteiger partial charge in [-0.05, 0) is 12.1 Å². The maximum Gasteiger partial charge on any atom is 0.404 e. The summed E-state index contributed by atoms with van der Waals surface area (Å²) in [6.07, 6.45) is -1.14. The van der Waals surface area contributed by atoms with Gasteiger partial charge in [0.15, 0.2) is 0 Å². The SMILES string of the molecule is O=C(O)NCCNC(=O)c1ncsc1-c1ccc(Cl)cc1Cl. The molecule has 0 radical (unpaired) electrons. The zero-order valence-corrected chi connectivity index (χ0v) is 13.4. The zero-order chi connectivity index (χ0) is 16.1. The van der Waals surface area contributed by atoms with Gasteiger partial charge < -0.3 is 15.7 Å². The van der Waals surface area contributed by atoms with Crippen molar-refractivity contribution in [3.63, 3.8) is 0 Å². The van der Waals surface area contributed by atoms with Crippen molar-refractivity contribution >= 4 is 46.5 Å². The van der Waals surface area contributed by atoms with Crippen LogP contribution in [0.3, 0.4) is 0 Å². The van der Waals surface area contributed by atoms with Gasteiger partial charge >= 0.3 is 6.09 Å². The molecule has 3 N–H and O–H groups in total. The Bertz CT molecular complexity index is 706. The van der Waals surface area contributed by atoms with E-state index in [0.717, 1.165) is 0 Å². The van der Waals surface area contributed by atoms with Gasteiger partial charge in [-0.1, -0.05) is 29.3 Å². The van der Waals surface area contributed by atoms with Crippen molar-refractivity contribution < 1.29 is 14.7 Å². The van der Waals surface area contributed by atoms with E-state index in [1.807, 2.05) is 0 Å². The van der Waals surface area contributed by atoms with E-state index in [0.29, 0.717) is 20.5 Å². The molecule has 1 aromatic heterocycles. The standard InChI is InChI=1S/C13H11Cl2N3O3S/c14-7-1-2-8(9(15)5-7)11-10(18-6-22-11)12(19)16-3-4-17-13(20)21/h1-2,5-6,17H,3-4H2,(H,16,19)(H,20,21). The van der Waals surface area contributed by atoms with Gasteiger partial charge in [0, 0.05) is 23.7 Å². The molecule has 0 atom stereocenters. The molecule has 0 saturated heterocycles. The van der Waals surface area contributed by atoms with Crippen LogP contribution in [0.4, 0.5) is 4.79 Å². The van der Waals surface area contributed by atoms with Gasteiger partial charge in [-0.25, -0.2) is 9.78 Å². The van der Waals surface area contributed by atoms with Crippen LogP contribution in [0.1, 0.15) is 10.5 Å². The van der Waals surface area contributed by atoms with E-state index in [9.17, 15) is 9.59 Å². The van der Waals surface area contributed by atoms with E-state index >= 15 is 0 Å². The van der Waals surface area contributed by atoms with Crippen LogP contribution in [-0.4, -0.2) is 35.2 Å². The Kier molecular flexibility index (Phi) is 5.59. The lowest BCUT2D eigenvalue weighted by molar-refractivity contribution is 0.0949. The third-order valence-electron chi connectivity index (χ3n) is 2.65. The van der Waals surface area contributed by atoms with Crippen LogP contribution >= 0.6 is 34.5 Å². The molecule has 0 aliphatic carbocycles. The van der Waals surface area contributed by atoms with E-state index in [1.165, 1.54) is 11.3 Å². The highest BCUT2D eigenvalue weighted by Crippen LogP contribution is 2.34. The lowest BCUT2D eigenvalue weighted by Crippen LogP contribution is -2.34. The van der Waals surface area contributed by atoms with Gasteiger partial charge in [0.25, 0.3) is 5.91 Å². The molecular formula is C13H11Cl2N3O3S. The number of hydrogen-bond donors (Lipinski definition) is 3. The maximum atomic E-state index is 12.1. The first kappa shape index (κ1) is 16.5. The van der Waals surface area contributed by atoms with Crippen LogP contribution in [0.15, 0.2) is 23.7 Å². The van der Waals surface area contributed by atoms with Crippen molar-refractivity contribution in [1.82, 2.24) is 15.6 Å². The third kappa shape index (κ3) is 4.09. The molecule has 1 heterocycles. The topological polar surface area (TPSA) is 91.3 Å².